The van der Waals surface area contributed by atoms with E-state index in [1.807, 2.05) is 6.08 Å². The second-order valence-electron chi connectivity index (χ2n) is 11.6. The molecule has 1 aromatic rings. The van der Waals surface area contributed by atoms with Crippen molar-refractivity contribution in [3.63, 3.8) is 0 Å². The van der Waals surface area contributed by atoms with Crippen molar-refractivity contribution in [2.75, 3.05) is 6.61 Å². The summed E-state index contributed by atoms with van der Waals surface area (Å²) in [5.41, 5.74) is 0.274. The molecule has 222 valence electrons. The highest BCUT2D eigenvalue weighted by atomic mass is 16.5. The van der Waals surface area contributed by atoms with Gasteiger partial charge in [0.05, 0.1) is 12.1 Å². The molecule has 2 amide bonds. The molecule has 0 unspecified atom stereocenters. The second kappa shape index (κ2) is 21.4. The summed E-state index contributed by atoms with van der Waals surface area (Å²) in [5.74, 6) is -0.211. The number of nitrogens with zero attached hydrogens (tertiary/aromatic N) is 1. The summed E-state index contributed by atoms with van der Waals surface area (Å²) in [6, 6.07) is 2.88. The fourth-order valence-corrected chi connectivity index (χ4v) is 4.15. The molecule has 0 aliphatic rings. The van der Waals surface area contributed by atoms with E-state index in [1.165, 1.54) is 77.0 Å². The Morgan fingerprint density at radius 1 is 0.923 bits per heavy atom. The largest absolute Gasteiger partial charge is 0.447 e. The van der Waals surface area contributed by atoms with E-state index in [9.17, 15) is 14.7 Å². The van der Waals surface area contributed by atoms with Crippen LogP contribution in [0.5, 0.6) is 0 Å². The second-order valence-corrected chi connectivity index (χ2v) is 11.6. The van der Waals surface area contributed by atoms with Gasteiger partial charge in [0, 0.05) is 24.4 Å². The number of amides is 2. The number of carbonyl (C=O) groups is 2. The molecule has 0 saturated carbocycles. The number of aliphatic hydroxyl groups excluding tert-OH is 1. The number of alkyl carbamates (subject to hydrolysis) is 1. The van der Waals surface area contributed by atoms with Crippen molar-refractivity contribution in [1.29, 1.82) is 0 Å². The number of aliphatic hydroxyl groups is 1. The number of hydrogen-bond donors (Lipinski definition) is 3. The summed E-state index contributed by atoms with van der Waals surface area (Å²) < 4.78 is 5.31. The highest BCUT2D eigenvalue weighted by molar-refractivity contribution is 5.81. The van der Waals surface area contributed by atoms with Crippen LogP contribution in [0.15, 0.2) is 36.7 Å². The normalized spacial score (nSPS) is 13.3. The third-order valence-electron chi connectivity index (χ3n) is 6.80. The molecule has 0 saturated heterocycles. The van der Waals surface area contributed by atoms with Gasteiger partial charge in [-0.15, -0.1) is 0 Å². The first-order valence-electron chi connectivity index (χ1n) is 15.2. The fraction of sp³-hybridized carbons (Fsp3) is 0.719. The van der Waals surface area contributed by atoms with Crippen LogP contribution >= 0.6 is 0 Å². The number of hydrogen-bond acceptors (Lipinski definition) is 5. The molecule has 1 rings (SSSR count). The zero-order valence-electron chi connectivity index (χ0n) is 25.1. The molecular weight excluding hydrogens is 490 g/mol. The lowest BCUT2D eigenvalue weighted by Crippen LogP contribution is -2.50. The lowest BCUT2D eigenvalue weighted by molar-refractivity contribution is -0.130. The Balaban J connectivity index is 2.29. The molecule has 0 fully saturated rings. The number of rotatable bonds is 21. The van der Waals surface area contributed by atoms with Crippen LogP contribution in [0.4, 0.5) is 4.79 Å². The van der Waals surface area contributed by atoms with Crippen molar-refractivity contribution < 1.29 is 19.4 Å². The molecule has 0 aliphatic heterocycles. The van der Waals surface area contributed by atoms with Gasteiger partial charge in [0.15, 0.2) is 0 Å². The van der Waals surface area contributed by atoms with E-state index in [2.05, 4.69) is 22.5 Å². The Bertz CT molecular complexity index is 792. The van der Waals surface area contributed by atoms with Gasteiger partial charge in [-0.05, 0) is 30.5 Å². The van der Waals surface area contributed by atoms with Crippen LogP contribution in [0.25, 0.3) is 0 Å². The van der Waals surface area contributed by atoms with E-state index in [0.717, 1.165) is 18.4 Å². The molecule has 7 nitrogen and oxygen atoms in total. The minimum absolute atomic E-state index is 0.131. The minimum atomic E-state index is -0.953. The number of pyridine rings is 1. The van der Waals surface area contributed by atoms with Gasteiger partial charge in [0.2, 0.25) is 5.91 Å². The van der Waals surface area contributed by atoms with Gasteiger partial charge in [0.25, 0.3) is 0 Å². The predicted octanol–water partition coefficient (Wildman–Crippen LogP) is 7.24. The van der Waals surface area contributed by atoms with Crippen molar-refractivity contribution in [2.45, 2.75) is 136 Å². The first kappa shape index (κ1) is 34.6. The maximum atomic E-state index is 12.5. The first-order chi connectivity index (χ1) is 18.7. The third-order valence-corrected chi connectivity index (χ3v) is 6.80. The molecule has 39 heavy (non-hydrogen) atoms. The van der Waals surface area contributed by atoms with Gasteiger partial charge < -0.3 is 20.5 Å². The summed E-state index contributed by atoms with van der Waals surface area (Å²) in [6.07, 6.45) is 23.4. The topological polar surface area (TPSA) is 101 Å². The molecule has 7 heteroatoms. The van der Waals surface area contributed by atoms with Gasteiger partial charge in [-0.3, -0.25) is 9.78 Å². The summed E-state index contributed by atoms with van der Waals surface area (Å²) in [4.78, 5) is 28.7. The van der Waals surface area contributed by atoms with Gasteiger partial charge in [-0.1, -0.05) is 117 Å². The van der Waals surface area contributed by atoms with Crippen LogP contribution < -0.4 is 10.6 Å². The molecule has 0 spiro atoms. The summed E-state index contributed by atoms with van der Waals surface area (Å²) >= 11 is 0. The minimum Gasteiger partial charge on any atom is -0.447 e. The zero-order valence-corrected chi connectivity index (χ0v) is 25.1. The van der Waals surface area contributed by atoms with Gasteiger partial charge in [-0.25, -0.2) is 4.79 Å². The van der Waals surface area contributed by atoms with Gasteiger partial charge in [0.1, 0.15) is 6.61 Å². The van der Waals surface area contributed by atoms with Crippen LogP contribution in [0.2, 0.25) is 0 Å². The predicted molar refractivity (Wildman–Crippen MR) is 159 cm³/mol. The fourth-order valence-electron chi connectivity index (χ4n) is 4.15. The quantitative estimate of drug-likeness (QED) is 0.112. The molecule has 1 heterocycles. The van der Waals surface area contributed by atoms with E-state index in [1.54, 1.807) is 51.4 Å². The lowest BCUT2D eigenvalue weighted by Gasteiger charge is -2.26. The number of allylic oxidation sites excluding steroid dienone is 1. The number of nitrogens with one attached hydrogen (secondary N) is 2. The Morgan fingerprint density at radius 3 is 2.00 bits per heavy atom. The molecule has 0 bridgehead atoms. The average molecular weight is 546 g/mol. The number of aromatic nitrogens is 1. The van der Waals surface area contributed by atoms with Crippen molar-refractivity contribution >= 4 is 12.0 Å². The zero-order chi connectivity index (χ0) is 28.8. The molecule has 0 aliphatic carbocycles. The molecular formula is C32H55N3O4. The van der Waals surface area contributed by atoms with Crippen LogP contribution in [-0.4, -0.2) is 40.8 Å². The van der Waals surface area contributed by atoms with Gasteiger partial charge in [-0.2, -0.15) is 0 Å². The van der Waals surface area contributed by atoms with E-state index in [-0.39, 0.29) is 12.5 Å². The molecule has 2 atom stereocenters. The van der Waals surface area contributed by atoms with Crippen LogP contribution in [-0.2, 0) is 16.1 Å². The van der Waals surface area contributed by atoms with Crippen LogP contribution in [0.1, 0.15) is 123 Å². The third kappa shape index (κ3) is 18.5. The first-order valence-corrected chi connectivity index (χ1v) is 15.2. The van der Waals surface area contributed by atoms with Crippen molar-refractivity contribution in [3.8, 4) is 0 Å². The monoisotopic (exact) mass is 545 g/mol. The van der Waals surface area contributed by atoms with Crippen molar-refractivity contribution in [3.05, 3.63) is 42.2 Å². The Morgan fingerprint density at radius 2 is 1.46 bits per heavy atom. The molecule has 3 N–H and O–H groups in total. The maximum Gasteiger partial charge on any atom is 0.407 e. The average Bonchev–Trinajstić information content (AvgIpc) is 2.91. The SMILES string of the molecule is CCCCCCCCCCCCCCC/C=C/[C@@H](O)[C@H](COC(=O)NCc1ccncc1)NC(=O)C(C)(C)C. The lowest BCUT2D eigenvalue weighted by atomic mass is 9.95. The van der Waals surface area contributed by atoms with Crippen LogP contribution in [0.3, 0.4) is 0 Å². The Kier molecular flexibility index (Phi) is 19.0. The molecule has 0 aromatic carbocycles. The van der Waals surface area contributed by atoms with Crippen molar-refractivity contribution in [1.82, 2.24) is 15.6 Å². The summed E-state index contributed by atoms with van der Waals surface area (Å²) in [5, 5.41) is 16.2. The summed E-state index contributed by atoms with van der Waals surface area (Å²) in [6.45, 7) is 7.85. The van der Waals surface area contributed by atoms with E-state index in [4.69, 9.17) is 4.74 Å². The standard InChI is InChI=1S/C32H55N3O4/c1-5-6-7-8-9-10-11-12-13-14-15-16-17-18-19-20-29(36)28(35-30(37)32(2,3)4)26-39-31(38)34-25-27-21-23-33-24-22-27/h19-24,28-29,36H,5-18,25-26H2,1-4H3,(H,34,38)(H,35,37)/b20-19+/t28-,29+/m0/s1. The molecule has 0 radical (unpaired) electrons. The van der Waals surface area contributed by atoms with E-state index in [0.29, 0.717) is 6.54 Å². The van der Waals surface area contributed by atoms with E-state index >= 15 is 0 Å². The highest BCUT2D eigenvalue weighted by Crippen LogP contribution is 2.15. The Hall–Kier alpha value is -2.41. The van der Waals surface area contributed by atoms with Crippen LogP contribution in [0, 0.1) is 5.41 Å². The highest BCUT2D eigenvalue weighted by Gasteiger charge is 2.27. The number of ether oxygens (including phenoxy) is 1. The van der Waals surface area contributed by atoms with Gasteiger partial charge >= 0.3 is 6.09 Å². The van der Waals surface area contributed by atoms with Crippen molar-refractivity contribution in [2.24, 2.45) is 5.41 Å². The molecule has 1 aromatic heterocycles. The smallest absolute Gasteiger partial charge is 0.407 e. The van der Waals surface area contributed by atoms with E-state index < -0.39 is 23.7 Å². The number of unbranched alkanes of at least 4 members (excludes halogenated alkanes) is 13. The summed E-state index contributed by atoms with van der Waals surface area (Å²) in [7, 11) is 0. The Labute approximate surface area is 237 Å². The number of carbonyl (C=O) groups excluding carboxylic acids is 2. The maximum absolute atomic E-state index is 12.5.